The van der Waals surface area contributed by atoms with Gasteiger partial charge in [0.05, 0.1) is 24.1 Å². The minimum absolute atomic E-state index is 0.0288. The topological polar surface area (TPSA) is 55.3 Å². The average Bonchev–Trinajstić information content (AvgIpc) is 2.94. The first kappa shape index (κ1) is 27.2. The molecule has 40 heavy (non-hydrogen) atoms. The second kappa shape index (κ2) is 10.3. The number of benzene rings is 2. The molecule has 0 radical (unpaired) electrons. The van der Waals surface area contributed by atoms with Gasteiger partial charge in [-0.1, -0.05) is 12.1 Å². The van der Waals surface area contributed by atoms with Crippen molar-refractivity contribution in [3.63, 3.8) is 0 Å². The molecule has 3 heterocycles. The highest BCUT2D eigenvalue weighted by molar-refractivity contribution is 5.98. The molecule has 2 aromatic heterocycles. The number of fused-ring (bicyclic) bond motifs is 1. The number of aromatic nitrogens is 2. The van der Waals surface area contributed by atoms with E-state index in [-0.39, 0.29) is 17.2 Å². The molecule has 0 fully saturated rings. The Morgan fingerprint density at radius 3 is 2.30 bits per heavy atom. The molecular formula is C30H24F5N3O2. The number of hydrogen-bond donors (Lipinski definition) is 0. The summed E-state index contributed by atoms with van der Waals surface area (Å²) >= 11 is 0. The molecule has 4 aromatic rings. The Balaban J connectivity index is 1.46. The summed E-state index contributed by atoms with van der Waals surface area (Å²) in [7, 11) is 1.58. The van der Waals surface area contributed by atoms with Crippen LogP contribution in [0.25, 0.3) is 11.4 Å². The second-order valence-corrected chi connectivity index (χ2v) is 9.67. The molecule has 1 aliphatic heterocycles. The molecule has 1 unspecified atom stereocenters. The summed E-state index contributed by atoms with van der Waals surface area (Å²) in [6.45, 7) is 1.89. The summed E-state index contributed by atoms with van der Waals surface area (Å²) < 4.78 is 75.0. The molecule has 0 saturated heterocycles. The minimum atomic E-state index is -4.84. The maximum atomic E-state index is 16.1. The van der Waals surface area contributed by atoms with E-state index in [4.69, 9.17) is 4.74 Å². The predicted molar refractivity (Wildman–Crippen MR) is 138 cm³/mol. The number of pyridine rings is 2. The first-order chi connectivity index (χ1) is 19.0. The SMILES string of the molecule is COc1ccc(CN2CCc3c(ccnc3-c3cc(C(C)(F)c4cc(F)cc(C(F)(F)F)c4)ccn3)C2=O)cc1. The normalized spacial score (nSPS) is 15.0. The van der Waals surface area contributed by atoms with E-state index in [1.54, 1.807) is 18.1 Å². The number of amides is 1. The van der Waals surface area contributed by atoms with Crippen LogP contribution in [0.1, 0.15) is 45.1 Å². The zero-order valence-electron chi connectivity index (χ0n) is 21.6. The van der Waals surface area contributed by atoms with Crippen LogP contribution in [0.3, 0.4) is 0 Å². The summed E-state index contributed by atoms with van der Waals surface area (Å²) in [6.07, 6.45) is -1.59. The van der Waals surface area contributed by atoms with Crippen molar-refractivity contribution in [3.05, 3.63) is 112 Å². The number of halogens is 5. The molecule has 1 aliphatic rings. The largest absolute Gasteiger partial charge is 0.497 e. The monoisotopic (exact) mass is 553 g/mol. The van der Waals surface area contributed by atoms with Gasteiger partial charge in [0.25, 0.3) is 5.91 Å². The molecule has 5 rings (SSSR count). The average molecular weight is 554 g/mol. The van der Waals surface area contributed by atoms with Crippen LogP contribution in [0, 0.1) is 5.82 Å². The third kappa shape index (κ3) is 5.25. The van der Waals surface area contributed by atoms with E-state index < -0.39 is 28.8 Å². The van der Waals surface area contributed by atoms with Gasteiger partial charge in [0, 0.05) is 31.0 Å². The van der Waals surface area contributed by atoms with Crippen LogP contribution in [-0.2, 0) is 24.8 Å². The van der Waals surface area contributed by atoms with Gasteiger partial charge in [-0.3, -0.25) is 14.8 Å². The molecule has 0 N–H and O–H groups in total. The molecule has 0 saturated carbocycles. The van der Waals surface area contributed by atoms with Crippen LogP contribution in [0.5, 0.6) is 5.75 Å². The molecule has 5 nitrogen and oxygen atoms in total. The van der Waals surface area contributed by atoms with Gasteiger partial charge < -0.3 is 9.64 Å². The van der Waals surface area contributed by atoms with Gasteiger partial charge in [-0.05, 0) is 84.1 Å². The Morgan fingerprint density at radius 1 is 0.900 bits per heavy atom. The van der Waals surface area contributed by atoms with E-state index in [0.29, 0.717) is 54.2 Å². The molecule has 10 heteroatoms. The first-order valence-corrected chi connectivity index (χ1v) is 12.4. The summed E-state index contributed by atoms with van der Waals surface area (Å²) in [5, 5.41) is 0. The highest BCUT2D eigenvalue weighted by Gasteiger charge is 2.36. The van der Waals surface area contributed by atoms with E-state index in [1.807, 2.05) is 24.3 Å². The lowest BCUT2D eigenvalue weighted by Crippen LogP contribution is -2.37. The van der Waals surface area contributed by atoms with E-state index in [9.17, 15) is 22.4 Å². The van der Waals surface area contributed by atoms with E-state index in [0.717, 1.165) is 18.6 Å². The molecule has 0 aliphatic carbocycles. The van der Waals surface area contributed by atoms with Crippen LogP contribution in [0.2, 0.25) is 0 Å². The van der Waals surface area contributed by atoms with E-state index in [1.165, 1.54) is 24.5 Å². The summed E-state index contributed by atoms with van der Waals surface area (Å²) in [4.78, 5) is 23.8. The van der Waals surface area contributed by atoms with E-state index >= 15 is 4.39 Å². The fourth-order valence-electron chi connectivity index (χ4n) is 4.83. The summed E-state index contributed by atoms with van der Waals surface area (Å²) in [6, 6.07) is 13.4. The lowest BCUT2D eigenvalue weighted by Gasteiger charge is -2.29. The number of ether oxygens (including phenoxy) is 1. The Labute approximate surface area is 227 Å². The number of nitrogens with zero attached hydrogens (tertiary/aromatic N) is 3. The smallest absolute Gasteiger partial charge is 0.416 e. The van der Waals surface area contributed by atoms with Gasteiger partial charge in [-0.15, -0.1) is 0 Å². The van der Waals surface area contributed by atoms with Crippen LogP contribution < -0.4 is 4.74 Å². The summed E-state index contributed by atoms with van der Waals surface area (Å²) in [5.41, 5.74) is -1.60. The Kier molecular flexibility index (Phi) is 7.03. The van der Waals surface area contributed by atoms with Crippen LogP contribution in [-0.4, -0.2) is 34.4 Å². The predicted octanol–water partition coefficient (Wildman–Crippen LogP) is 6.74. The van der Waals surface area contributed by atoms with Gasteiger partial charge in [0.15, 0.2) is 5.67 Å². The highest BCUT2D eigenvalue weighted by Crippen LogP contribution is 2.39. The highest BCUT2D eigenvalue weighted by atomic mass is 19.4. The zero-order chi connectivity index (χ0) is 28.7. The molecular weight excluding hydrogens is 529 g/mol. The number of carbonyl (C=O) groups is 1. The fraction of sp³-hybridized carbons (Fsp3) is 0.233. The maximum Gasteiger partial charge on any atom is 0.416 e. The van der Waals surface area contributed by atoms with Gasteiger partial charge in [0.2, 0.25) is 0 Å². The second-order valence-electron chi connectivity index (χ2n) is 9.67. The third-order valence-electron chi connectivity index (χ3n) is 7.05. The number of carbonyl (C=O) groups excluding carboxylic acids is 1. The van der Waals surface area contributed by atoms with Crippen molar-refractivity contribution in [3.8, 4) is 17.1 Å². The summed E-state index contributed by atoms with van der Waals surface area (Å²) in [5.74, 6) is -0.668. The van der Waals surface area contributed by atoms with E-state index in [2.05, 4.69) is 9.97 Å². The van der Waals surface area contributed by atoms with Gasteiger partial charge in [-0.25, -0.2) is 8.78 Å². The van der Waals surface area contributed by atoms with Crippen molar-refractivity contribution < 1.29 is 31.5 Å². The maximum absolute atomic E-state index is 16.1. The number of hydrogen-bond acceptors (Lipinski definition) is 4. The fourth-order valence-corrected chi connectivity index (χ4v) is 4.83. The third-order valence-corrected chi connectivity index (χ3v) is 7.05. The minimum Gasteiger partial charge on any atom is -0.497 e. The zero-order valence-corrected chi connectivity index (χ0v) is 21.6. The Bertz CT molecular complexity index is 1570. The van der Waals surface area contributed by atoms with Crippen LogP contribution >= 0.6 is 0 Å². The Hall–Kier alpha value is -4.34. The standard InChI is InChI=1S/C30H24F5N3O2/c1-29(32,20-13-21(30(33,34)35)15-22(31)14-20)19-7-10-36-26(16-19)27-24-9-12-38(28(39)25(24)8-11-37-27)17-18-3-5-23(40-2)6-4-18/h3-8,10-11,13-16H,9,12,17H2,1-2H3. The molecule has 2 aromatic carbocycles. The number of alkyl halides is 4. The molecule has 206 valence electrons. The van der Waals surface area contributed by atoms with Crippen molar-refractivity contribution in [2.24, 2.45) is 0 Å². The van der Waals surface area contributed by atoms with Crippen molar-refractivity contribution >= 4 is 5.91 Å². The van der Waals surface area contributed by atoms with Crippen molar-refractivity contribution in [1.82, 2.24) is 14.9 Å². The quantitative estimate of drug-likeness (QED) is 0.248. The van der Waals surface area contributed by atoms with Crippen LogP contribution in [0.4, 0.5) is 22.0 Å². The Morgan fingerprint density at radius 2 is 1.60 bits per heavy atom. The van der Waals surface area contributed by atoms with Gasteiger partial charge in [-0.2, -0.15) is 13.2 Å². The van der Waals surface area contributed by atoms with Gasteiger partial charge in [0.1, 0.15) is 11.6 Å². The van der Waals surface area contributed by atoms with Crippen molar-refractivity contribution in [1.29, 1.82) is 0 Å². The lowest BCUT2D eigenvalue weighted by molar-refractivity contribution is -0.137. The molecule has 0 bridgehead atoms. The number of methoxy groups -OCH3 is 1. The van der Waals surface area contributed by atoms with Crippen LogP contribution in [0.15, 0.2) is 73.1 Å². The lowest BCUT2D eigenvalue weighted by atomic mass is 9.88. The molecule has 1 atom stereocenters. The van der Waals surface area contributed by atoms with Crippen molar-refractivity contribution in [2.45, 2.75) is 31.7 Å². The number of rotatable bonds is 6. The van der Waals surface area contributed by atoms with Crippen molar-refractivity contribution in [2.75, 3.05) is 13.7 Å². The first-order valence-electron chi connectivity index (χ1n) is 12.4. The van der Waals surface area contributed by atoms with Gasteiger partial charge >= 0.3 is 6.18 Å². The molecule has 0 spiro atoms. The molecule has 1 amide bonds.